The number of hydrogen-bond acceptors (Lipinski definition) is 5. The molecule has 0 amide bonds. The van der Waals surface area contributed by atoms with Crippen LogP contribution >= 0.6 is 0 Å². The number of nitrogens with two attached hydrogens (primary N) is 1. The topological polar surface area (TPSA) is 68.7 Å². The minimum absolute atomic E-state index is 0.0152. The zero-order chi connectivity index (χ0) is 16.0. The van der Waals surface area contributed by atoms with Gasteiger partial charge in [-0.2, -0.15) is 5.10 Å². The van der Waals surface area contributed by atoms with Crippen LogP contribution in [0.3, 0.4) is 0 Å². The standard InChI is InChI=1S/C15H19F2N5O/c16-15(17)5-6-21(8-15)7-10-1-4-13(23-10)11-2-3-12-14(18)19-9-20-22(11)12/h2-3,9-10,13H,1,4-8H2,(H2,18,19,20)/t10-,13+/m0/s1. The number of fused-ring (bicyclic) bond motifs is 1. The van der Waals surface area contributed by atoms with E-state index in [1.807, 2.05) is 12.1 Å². The molecule has 124 valence electrons. The van der Waals surface area contributed by atoms with Gasteiger partial charge in [0.05, 0.1) is 18.3 Å². The predicted octanol–water partition coefficient (Wildman–Crippen LogP) is 1.87. The lowest BCUT2D eigenvalue weighted by Gasteiger charge is -2.20. The number of rotatable bonds is 3. The lowest BCUT2D eigenvalue weighted by Crippen LogP contribution is -2.32. The first-order valence-electron chi connectivity index (χ1n) is 7.86. The van der Waals surface area contributed by atoms with E-state index in [9.17, 15) is 8.78 Å². The molecule has 0 spiro atoms. The zero-order valence-electron chi connectivity index (χ0n) is 12.7. The molecular weight excluding hydrogens is 304 g/mol. The van der Waals surface area contributed by atoms with Crippen LogP contribution in [0, 0.1) is 0 Å². The molecule has 2 aromatic rings. The maximum atomic E-state index is 13.3. The van der Waals surface area contributed by atoms with Gasteiger partial charge in [-0.1, -0.05) is 0 Å². The fourth-order valence-corrected chi connectivity index (χ4v) is 3.53. The maximum absolute atomic E-state index is 13.3. The second-order valence-corrected chi connectivity index (χ2v) is 6.37. The molecule has 4 rings (SSSR count). The van der Waals surface area contributed by atoms with E-state index in [4.69, 9.17) is 10.5 Å². The molecule has 0 aromatic carbocycles. The van der Waals surface area contributed by atoms with Crippen LogP contribution in [0.25, 0.3) is 5.52 Å². The molecule has 0 radical (unpaired) electrons. The first-order chi connectivity index (χ1) is 11.0. The molecule has 2 aromatic heterocycles. The van der Waals surface area contributed by atoms with Crippen molar-refractivity contribution in [3.63, 3.8) is 0 Å². The molecule has 6 nitrogen and oxygen atoms in total. The Hall–Kier alpha value is -1.80. The monoisotopic (exact) mass is 323 g/mol. The average molecular weight is 323 g/mol. The Morgan fingerprint density at radius 3 is 3.00 bits per heavy atom. The van der Waals surface area contributed by atoms with Crippen LogP contribution < -0.4 is 5.73 Å². The van der Waals surface area contributed by atoms with Gasteiger partial charge in [0.2, 0.25) is 0 Å². The van der Waals surface area contributed by atoms with Gasteiger partial charge in [-0.15, -0.1) is 0 Å². The van der Waals surface area contributed by atoms with Gasteiger partial charge in [0.1, 0.15) is 17.9 Å². The fraction of sp³-hybridized carbons (Fsp3) is 0.600. The number of anilines is 1. The van der Waals surface area contributed by atoms with E-state index in [2.05, 4.69) is 10.1 Å². The minimum atomic E-state index is -2.55. The lowest BCUT2D eigenvalue weighted by atomic mass is 10.1. The Morgan fingerprint density at radius 2 is 2.22 bits per heavy atom. The summed E-state index contributed by atoms with van der Waals surface area (Å²) >= 11 is 0. The van der Waals surface area contributed by atoms with E-state index in [0.717, 1.165) is 24.1 Å². The van der Waals surface area contributed by atoms with Gasteiger partial charge in [0.25, 0.3) is 5.92 Å². The molecule has 4 heterocycles. The van der Waals surface area contributed by atoms with Gasteiger partial charge in [0, 0.05) is 19.5 Å². The molecule has 0 bridgehead atoms. The highest BCUT2D eigenvalue weighted by atomic mass is 19.3. The van der Waals surface area contributed by atoms with Crippen molar-refractivity contribution in [3.05, 3.63) is 24.2 Å². The van der Waals surface area contributed by atoms with E-state index in [0.29, 0.717) is 18.9 Å². The van der Waals surface area contributed by atoms with Gasteiger partial charge in [-0.25, -0.2) is 18.3 Å². The van der Waals surface area contributed by atoms with Crippen molar-refractivity contribution in [1.82, 2.24) is 19.5 Å². The summed E-state index contributed by atoms with van der Waals surface area (Å²) in [4.78, 5) is 5.77. The first-order valence-corrected chi connectivity index (χ1v) is 7.86. The molecule has 2 N–H and O–H groups in total. The Balaban J connectivity index is 1.45. The molecule has 0 unspecified atom stereocenters. The first kappa shape index (κ1) is 14.8. The van der Waals surface area contributed by atoms with Crippen molar-refractivity contribution in [2.45, 2.75) is 37.4 Å². The van der Waals surface area contributed by atoms with Crippen molar-refractivity contribution in [1.29, 1.82) is 0 Å². The number of ether oxygens (including phenoxy) is 1. The molecule has 2 atom stereocenters. The van der Waals surface area contributed by atoms with Gasteiger partial charge in [-0.05, 0) is 25.0 Å². The van der Waals surface area contributed by atoms with Crippen LogP contribution in [-0.4, -0.2) is 51.2 Å². The highest BCUT2D eigenvalue weighted by Crippen LogP contribution is 2.35. The normalized spacial score (nSPS) is 27.9. The SMILES string of the molecule is Nc1ncnn2c([C@H]3CC[C@@H](CN4CCC(F)(F)C4)O3)ccc12. The maximum Gasteiger partial charge on any atom is 0.261 e. The summed E-state index contributed by atoms with van der Waals surface area (Å²) in [6.45, 7) is 0.844. The van der Waals surface area contributed by atoms with Crippen LogP contribution in [-0.2, 0) is 4.74 Å². The minimum Gasteiger partial charge on any atom is -0.382 e. The number of halogens is 2. The molecule has 23 heavy (non-hydrogen) atoms. The Morgan fingerprint density at radius 1 is 1.35 bits per heavy atom. The highest BCUT2D eigenvalue weighted by Gasteiger charge is 2.40. The molecule has 0 saturated carbocycles. The Kier molecular flexibility index (Phi) is 3.46. The Labute approximate surface area is 132 Å². The van der Waals surface area contributed by atoms with E-state index in [-0.39, 0.29) is 25.2 Å². The smallest absolute Gasteiger partial charge is 0.261 e. The van der Waals surface area contributed by atoms with Crippen LogP contribution in [0.5, 0.6) is 0 Å². The number of nitrogen functional groups attached to an aromatic ring is 1. The summed E-state index contributed by atoms with van der Waals surface area (Å²) in [5, 5.41) is 4.23. The third kappa shape index (κ3) is 2.76. The van der Waals surface area contributed by atoms with Crippen LogP contribution in [0.2, 0.25) is 0 Å². The summed E-state index contributed by atoms with van der Waals surface area (Å²) in [6.07, 6.45) is 2.98. The van der Waals surface area contributed by atoms with E-state index < -0.39 is 5.92 Å². The summed E-state index contributed by atoms with van der Waals surface area (Å²) in [5.74, 6) is -2.12. The third-order valence-electron chi connectivity index (χ3n) is 4.66. The summed E-state index contributed by atoms with van der Waals surface area (Å²) < 4.78 is 34.4. The van der Waals surface area contributed by atoms with Crippen LogP contribution in [0.1, 0.15) is 31.1 Å². The summed E-state index contributed by atoms with van der Waals surface area (Å²) in [6, 6.07) is 3.82. The van der Waals surface area contributed by atoms with E-state index in [1.54, 1.807) is 9.42 Å². The van der Waals surface area contributed by atoms with E-state index >= 15 is 0 Å². The number of hydrogen-bond donors (Lipinski definition) is 1. The second kappa shape index (κ2) is 5.38. The fourth-order valence-electron chi connectivity index (χ4n) is 3.53. The van der Waals surface area contributed by atoms with Gasteiger partial charge in [-0.3, -0.25) is 4.90 Å². The molecule has 0 aliphatic carbocycles. The van der Waals surface area contributed by atoms with Gasteiger partial charge in [0.15, 0.2) is 5.82 Å². The van der Waals surface area contributed by atoms with Gasteiger partial charge < -0.3 is 10.5 Å². The molecule has 2 saturated heterocycles. The largest absolute Gasteiger partial charge is 0.382 e. The number of nitrogens with zero attached hydrogens (tertiary/aromatic N) is 4. The lowest BCUT2D eigenvalue weighted by molar-refractivity contribution is -0.00402. The Bertz CT molecular complexity index is 719. The van der Waals surface area contributed by atoms with Crippen molar-refractivity contribution < 1.29 is 13.5 Å². The molecular formula is C15H19F2N5O. The van der Waals surface area contributed by atoms with Crippen molar-refractivity contribution in [3.8, 4) is 0 Å². The van der Waals surface area contributed by atoms with Crippen LogP contribution in [0.4, 0.5) is 14.6 Å². The van der Waals surface area contributed by atoms with Gasteiger partial charge >= 0.3 is 0 Å². The summed E-state index contributed by atoms with van der Waals surface area (Å²) in [5.41, 5.74) is 7.53. The predicted molar refractivity (Wildman–Crippen MR) is 80.3 cm³/mol. The van der Waals surface area contributed by atoms with Crippen molar-refractivity contribution in [2.75, 3.05) is 25.4 Å². The number of likely N-dealkylation sites (tertiary alicyclic amines) is 1. The van der Waals surface area contributed by atoms with Crippen LogP contribution in [0.15, 0.2) is 18.5 Å². The summed E-state index contributed by atoms with van der Waals surface area (Å²) in [7, 11) is 0. The number of aromatic nitrogens is 3. The second-order valence-electron chi connectivity index (χ2n) is 6.37. The van der Waals surface area contributed by atoms with Crippen molar-refractivity contribution in [2.24, 2.45) is 0 Å². The van der Waals surface area contributed by atoms with E-state index in [1.165, 1.54) is 6.33 Å². The zero-order valence-corrected chi connectivity index (χ0v) is 12.7. The molecule has 2 fully saturated rings. The van der Waals surface area contributed by atoms with Crippen molar-refractivity contribution >= 4 is 11.3 Å². The third-order valence-corrected chi connectivity index (χ3v) is 4.66. The quantitative estimate of drug-likeness (QED) is 0.934. The molecule has 2 aliphatic rings. The average Bonchev–Trinajstić information content (AvgIpc) is 3.18. The molecule has 8 heteroatoms. The highest BCUT2D eigenvalue weighted by molar-refractivity contribution is 5.65. The molecule has 2 aliphatic heterocycles. The number of alkyl halides is 2.